The molecule has 0 bridgehead atoms. The quantitative estimate of drug-likeness (QED) is 0.653. The van der Waals surface area contributed by atoms with Gasteiger partial charge < -0.3 is 5.32 Å². The summed E-state index contributed by atoms with van der Waals surface area (Å²) in [5, 5.41) is 4.44. The molecule has 1 aliphatic rings. The van der Waals surface area contributed by atoms with Crippen LogP contribution in [0.4, 0.5) is 18.9 Å². The number of carbonyl (C=O) groups excluding carboxylic acids is 1. The topological polar surface area (TPSA) is 32.3 Å². The third kappa shape index (κ3) is 2.99. The summed E-state index contributed by atoms with van der Waals surface area (Å²) in [6, 6.07) is 8.45. The van der Waals surface area contributed by atoms with Crippen molar-refractivity contribution in [3.05, 3.63) is 57.9 Å². The van der Waals surface area contributed by atoms with Gasteiger partial charge >= 0.3 is 6.18 Å². The number of carbonyl (C=O) groups is 1. The number of rotatable bonds is 2. The average molecular weight is 354 g/mol. The first-order chi connectivity index (χ1) is 10.9. The molecule has 3 rings (SSSR count). The third-order valence-electron chi connectivity index (χ3n) is 3.16. The van der Waals surface area contributed by atoms with Gasteiger partial charge in [0.15, 0.2) is 5.11 Å². The normalized spacial score (nSPS) is 17.0. The summed E-state index contributed by atoms with van der Waals surface area (Å²) in [5.74, 6) is -0.611. The second-order valence-electron chi connectivity index (χ2n) is 4.66. The summed E-state index contributed by atoms with van der Waals surface area (Å²) < 4.78 is 39.4. The third-order valence-corrected chi connectivity index (χ3v) is 4.26. The van der Waals surface area contributed by atoms with Crippen LogP contribution in [0.5, 0.6) is 0 Å². The second-order valence-corrected chi connectivity index (χ2v) is 6.03. The Morgan fingerprint density at radius 2 is 1.91 bits per heavy atom. The molecule has 2 aromatic rings. The molecular weight excluding hydrogens is 345 g/mol. The Morgan fingerprint density at radius 1 is 1.17 bits per heavy atom. The minimum absolute atomic E-state index is 0.0745. The number of anilines is 1. The van der Waals surface area contributed by atoms with Gasteiger partial charge in [-0.1, -0.05) is 18.2 Å². The number of alkyl halides is 3. The van der Waals surface area contributed by atoms with E-state index in [2.05, 4.69) is 5.32 Å². The van der Waals surface area contributed by atoms with E-state index in [0.29, 0.717) is 0 Å². The van der Waals surface area contributed by atoms with E-state index in [0.717, 1.165) is 15.8 Å². The van der Waals surface area contributed by atoms with Gasteiger partial charge in [0.1, 0.15) is 5.70 Å². The van der Waals surface area contributed by atoms with Crippen molar-refractivity contribution in [1.29, 1.82) is 0 Å². The van der Waals surface area contributed by atoms with Gasteiger partial charge in [0.25, 0.3) is 5.91 Å². The van der Waals surface area contributed by atoms with Crippen LogP contribution >= 0.6 is 23.6 Å². The molecule has 3 nitrogen and oxygen atoms in total. The number of thiophene rings is 1. The van der Waals surface area contributed by atoms with Crippen molar-refractivity contribution in [3.8, 4) is 0 Å². The molecule has 1 aromatic carbocycles. The SMILES string of the molecule is O=C1/C(=C\c2cccs2)NC(=S)N1c1ccccc1C(F)(F)F. The lowest BCUT2D eigenvalue weighted by Crippen LogP contribution is -2.32. The molecule has 1 N–H and O–H groups in total. The van der Waals surface area contributed by atoms with Crippen molar-refractivity contribution in [2.75, 3.05) is 4.90 Å². The van der Waals surface area contributed by atoms with Crippen LogP contribution in [0.1, 0.15) is 10.4 Å². The number of nitrogens with zero attached hydrogens (tertiary/aromatic N) is 1. The molecule has 2 heterocycles. The van der Waals surface area contributed by atoms with Crippen LogP contribution in [-0.4, -0.2) is 11.0 Å². The molecule has 1 amide bonds. The second kappa shape index (κ2) is 5.78. The molecule has 118 valence electrons. The van der Waals surface area contributed by atoms with E-state index in [9.17, 15) is 18.0 Å². The van der Waals surface area contributed by atoms with Gasteiger partial charge in [-0.25, -0.2) is 0 Å². The first-order valence-corrected chi connectivity index (χ1v) is 7.73. The highest BCUT2D eigenvalue weighted by atomic mass is 32.1. The Balaban J connectivity index is 2.02. The first-order valence-electron chi connectivity index (χ1n) is 6.45. The van der Waals surface area contributed by atoms with Crippen LogP contribution in [0.15, 0.2) is 47.5 Å². The lowest BCUT2D eigenvalue weighted by molar-refractivity contribution is -0.137. The number of benzene rings is 1. The van der Waals surface area contributed by atoms with Crippen LogP contribution in [0, 0.1) is 0 Å². The van der Waals surface area contributed by atoms with E-state index >= 15 is 0 Å². The van der Waals surface area contributed by atoms with Gasteiger partial charge in [-0.15, -0.1) is 11.3 Å². The monoisotopic (exact) mass is 354 g/mol. The molecule has 0 aliphatic carbocycles. The molecule has 0 radical (unpaired) electrons. The Bertz CT molecular complexity index is 797. The maximum Gasteiger partial charge on any atom is 0.418 e. The smallest absolute Gasteiger partial charge is 0.327 e. The van der Waals surface area contributed by atoms with E-state index in [-0.39, 0.29) is 16.5 Å². The predicted octanol–water partition coefficient (Wildman–Crippen LogP) is 4.03. The fourth-order valence-corrected chi connectivity index (χ4v) is 3.13. The molecule has 0 saturated carbocycles. The van der Waals surface area contributed by atoms with Gasteiger partial charge in [0, 0.05) is 4.88 Å². The lowest BCUT2D eigenvalue weighted by Gasteiger charge is -2.19. The summed E-state index contributed by atoms with van der Waals surface area (Å²) in [6.45, 7) is 0. The van der Waals surface area contributed by atoms with Gasteiger partial charge in [-0.05, 0) is 41.9 Å². The fraction of sp³-hybridized carbons (Fsp3) is 0.0667. The molecule has 0 spiro atoms. The van der Waals surface area contributed by atoms with Crippen LogP contribution in [0.2, 0.25) is 0 Å². The van der Waals surface area contributed by atoms with E-state index in [4.69, 9.17) is 12.2 Å². The average Bonchev–Trinajstić information content (AvgIpc) is 3.08. The Morgan fingerprint density at radius 3 is 2.57 bits per heavy atom. The number of para-hydroxylation sites is 1. The Kier molecular flexibility index (Phi) is 3.95. The molecule has 0 atom stereocenters. The zero-order valence-electron chi connectivity index (χ0n) is 11.4. The van der Waals surface area contributed by atoms with Gasteiger partial charge in [0.2, 0.25) is 0 Å². The van der Waals surface area contributed by atoms with Crippen molar-refractivity contribution in [2.45, 2.75) is 6.18 Å². The van der Waals surface area contributed by atoms with E-state index in [1.807, 2.05) is 11.4 Å². The number of hydrogen-bond donors (Lipinski definition) is 1. The fourth-order valence-electron chi connectivity index (χ4n) is 2.18. The number of thiocarbonyl (C=S) groups is 1. The zero-order chi connectivity index (χ0) is 16.6. The van der Waals surface area contributed by atoms with Crippen LogP contribution in [0.25, 0.3) is 6.08 Å². The molecular formula is C15H9F3N2OS2. The van der Waals surface area contributed by atoms with Crippen molar-refractivity contribution in [2.24, 2.45) is 0 Å². The van der Waals surface area contributed by atoms with Crippen molar-refractivity contribution >= 4 is 46.3 Å². The lowest BCUT2D eigenvalue weighted by atomic mass is 10.1. The minimum atomic E-state index is -4.58. The summed E-state index contributed by atoms with van der Waals surface area (Å²) in [6.07, 6.45) is -3.01. The van der Waals surface area contributed by atoms with Gasteiger partial charge in [0.05, 0.1) is 11.3 Å². The Hall–Kier alpha value is -2.19. The molecule has 23 heavy (non-hydrogen) atoms. The molecule has 1 aromatic heterocycles. The number of halogens is 3. The number of hydrogen-bond acceptors (Lipinski definition) is 3. The molecule has 1 fully saturated rings. The van der Waals surface area contributed by atoms with Crippen molar-refractivity contribution < 1.29 is 18.0 Å². The highest BCUT2D eigenvalue weighted by Gasteiger charge is 2.40. The number of amides is 1. The molecule has 1 saturated heterocycles. The van der Waals surface area contributed by atoms with Gasteiger partial charge in [-0.2, -0.15) is 13.2 Å². The maximum absolute atomic E-state index is 13.1. The van der Waals surface area contributed by atoms with E-state index in [1.54, 1.807) is 12.1 Å². The summed E-state index contributed by atoms with van der Waals surface area (Å²) in [4.78, 5) is 14.1. The van der Waals surface area contributed by atoms with Crippen molar-refractivity contribution in [1.82, 2.24) is 5.32 Å². The predicted molar refractivity (Wildman–Crippen MR) is 87.0 cm³/mol. The van der Waals surface area contributed by atoms with Crippen LogP contribution < -0.4 is 10.2 Å². The van der Waals surface area contributed by atoms with Gasteiger partial charge in [-0.3, -0.25) is 9.69 Å². The number of nitrogens with one attached hydrogen (secondary N) is 1. The largest absolute Gasteiger partial charge is 0.418 e. The van der Waals surface area contributed by atoms with E-state index in [1.165, 1.54) is 29.5 Å². The maximum atomic E-state index is 13.1. The van der Waals surface area contributed by atoms with Crippen LogP contribution in [0.3, 0.4) is 0 Å². The van der Waals surface area contributed by atoms with Crippen molar-refractivity contribution in [3.63, 3.8) is 0 Å². The summed E-state index contributed by atoms with van der Waals surface area (Å²) in [7, 11) is 0. The minimum Gasteiger partial charge on any atom is -0.327 e. The summed E-state index contributed by atoms with van der Waals surface area (Å²) >= 11 is 6.45. The first kappa shape index (κ1) is 15.7. The highest BCUT2D eigenvalue weighted by Crippen LogP contribution is 2.37. The standard InChI is InChI=1S/C15H9F3N2OS2/c16-15(17,18)10-5-1-2-6-12(10)20-13(21)11(19-14(20)22)8-9-4-3-7-23-9/h1-8H,(H,19,22)/b11-8+. The summed E-state index contributed by atoms with van der Waals surface area (Å²) in [5.41, 5.74) is -1.04. The molecule has 0 unspecified atom stereocenters. The zero-order valence-corrected chi connectivity index (χ0v) is 13.1. The molecule has 1 aliphatic heterocycles. The molecule has 8 heteroatoms. The van der Waals surface area contributed by atoms with Crippen LogP contribution in [-0.2, 0) is 11.0 Å². The highest BCUT2D eigenvalue weighted by molar-refractivity contribution is 7.80. The van der Waals surface area contributed by atoms with E-state index < -0.39 is 17.6 Å². The Labute approximate surface area is 139 Å².